The van der Waals surface area contributed by atoms with Gasteiger partial charge in [-0.15, -0.1) is 27.0 Å². The summed E-state index contributed by atoms with van der Waals surface area (Å²) in [5.74, 6) is -0.123. The number of thioether (sulfide) groups is 2. The Labute approximate surface area is 185 Å². The average molecular weight is 470 g/mol. The third-order valence-electron chi connectivity index (χ3n) is 4.26. The Morgan fingerprint density at radius 1 is 1.37 bits per heavy atom. The number of amides is 4. The summed E-state index contributed by atoms with van der Waals surface area (Å²) in [5, 5.41) is 11.1. The van der Waals surface area contributed by atoms with E-state index in [0.717, 1.165) is 15.0 Å². The molecule has 160 valence electrons. The lowest BCUT2D eigenvalue weighted by Crippen LogP contribution is -2.53. The van der Waals surface area contributed by atoms with E-state index < -0.39 is 11.9 Å². The van der Waals surface area contributed by atoms with Crippen molar-refractivity contribution in [3.8, 4) is 0 Å². The van der Waals surface area contributed by atoms with Crippen molar-refractivity contribution >= 4 is 69.9 Å². The van der Waals surface area contributed by atoms with Crippen LogP contribution in [0.15, 0.2) is 19.8 Å². The third kappa shape index (κ3) is 4.63. The molecule has 2 aliphatic rings. The summed E-state index contributed by atoms with van der Waals surface area (Å²) in [7, 11) is 4.55. The number of aromatic nitrogens is 2. The molecule has 4 amide bonds. The number of hydrogen-bond donors (Lipinski definition) is 1. The largest absolute Gasteiger partial charge is 0.445 e. The monoisotopic (exact) mass is 469 g/mol. The molecule has 30 heavy (non-hydrogen) atoms. The number of ether oxygens (including phenoxy) is 1. The van der Waals surface area contributed by atoms with Gasteiger partial charge in [-0.1, -0.05) is 30.0 Å². The smallest absolute Gasteiger partial charge is 0.380 e. The fourth-order valence-electron chi connectivity index (χ4n) is 2.88. The number of amidine groups is 1. The Balaban J connectivity index is 1.78. The summed E-state index contributed by atoms with van der Waals surface area (Å²) in [6.45, 7) is 2.25. The van der Waals surface area contributed by atoms with Crippen LogP contribution in [0.1, 0.15) is 6.92 Å². The van der Waals surface area contributed by atoms with Gasteiger partial charge in [0.15, 0.2) is 10.3 Å². The molecule has 13 heteroatoms. The normalized spacial score (nSPS) is 18.9. The molecule has 3 heterocycles. The summed E-state index contributed by atoms with van der Waals surface area (Å²) in [6.07, 6.45) is 1.58. The quantitative estimate of drug-likeness (QED) is 0.346. The van der Waals surface area contributed by atoms with Gasteiger partial charge >= 0.3 is 11.9 Å². The highest BCUT2D eigenvalue weighted by Gasteiger charge is 2.48. The number of hydrogen-bond acceptors (Lipinski definition) is 10. The molecule has 0 aromatic carbocycles. The molecular formula is C17H21N6O4S3+. The number of anilines is 1. The third-order valence-corrected chi connectivity index (χ3v) is 7.33. The first-order valence-electron chi connectivity index (χ1n) is 8.94. The first kappa shape index (κ1) is 22.6. The fraction of sp³-hybridized carbons (Fsp3) is 0.471. The highest BCUT2D eigenvalue weighted by Crippen LogP contribution is 2.35. The van der Waals surface area contributed by atoms with Crippen LogP contribution in [-0.4, -0.2) is 88.9 Å². The first-order valence-corrected chi connectivity index (χ1v) is 11.7. The van der Waals surface area contributed by atoms with Crippen LogP contribution in [0.4, 0.5) is 9.93 Å². The SMILES string of the molecule is CCSc1nnc(NC(=O)CSC2=C(COC)C=NC3=[N+](C)C(=O)N(C)C(=O)C23)s1. The number of urea groups is 1. The van der Waals surface area contributed by atoms with Crippen molar-refractivity contribution in [2.45, 2.75) is 11.3 Å². The van der Waals surface area contributed by atoms with Gasteiger partial charge in [-0.25, -0.2) is 4.79 Å². The van der Waals surface area contributed by atoms with E-state index in [-0.39, 0.29) is 24.2 Å². The summed E-state index contributed by atoms with van der Waals surface area (Å²) >= 11 is 4.09. The lowest BCUT2D eigenvalue weighted by molar-refractivity contribution is -0.407. The van der Waals surface area contributed by atoms with Gasteiger partial charge in [-0.3, -0.25) is 14.9 Å². The average Bonchev–Trinajstić information content (AvgIpc) is 3.16. The number of aliphatic imine (C=N–C) groups is 1. The molecule has 1 aromatic rings. The standard InChI is InChI=1S/C17H20N6O4S3/c1-5-28-16-21-20-15(30-16)19-10(24)8-29-12-9(7-27-4)6-18-13-11(12)14(25)23(3)17(26)22(13)2/h6,11H,5,7-8H2,1-4H3/p+1. The van der Waals surface area contributed by atoms with Gasteiger partial charge < -0.3 is 4.74 Å². The molecule has 0 saturated heterocycles. The maximum atomic E-state index is 12.9. The van der Waals surface area contributed by atoms with E-state index in [9.17, 15) is 14.4 Å². The Bertz CT molecular complexity index is 970. The Kier molecular flexibility index (Phi) is 7.39. The van der Waals surface area contributed by atoms with Gasteiger partial charge in [0.25, 0.3) is 5.84 Å². The van der Waals surface area contributed by atoms with E-state index in [1.54, 1.807) is 32.1 Å². The van der Waals surface area contributed by atoms with Crippen molar-refractivity contribution in [3.05, 3.63) is 10.5 Å². The maximum absolute atomic E-state index is 12.9. The van der Waals surface area contributed by atoms with Crippen molar-refractivity contribution in [2.24, 2.45) is 10.9 Å². The van der Waals surface area contributed by atoms with Gasteiger partial charge in [0.1, 0.15) is 6.21 Å². The number of nitrogens with zero attached hydrogens (tertiary/aromatic N) is 5. The number of methoxy groups -OCH3 is 1. The second kappa shape index (κ2) is 9.81. The van der Waals surface area contributed by atoms with E-state index in [2.05, 4.69) is 20.5 Å². The van der Waals surface area contributed by atoms with Crippen LogP contribution in [0.2, 0.25) is 0 Å². The predicted octanol–water partition coefficient (Wildman–Crippen LogP) is 1.56. The van der Waals surface area contributed by atoms with Crippen molar-refractivity contribution in [1.82, 2.24) is 15.1 Å². The zero-order chi connectivity index (χ0) is 21.8. The van der Waals surface area contributed by atoms with Gasteiger partial charge in [0.05, 0.1) is 26.5 Å². The summed E-state index contributed by atoms with van der Waals surface area (Å²) in [4.78, 5) is 43.6. The topological polar surface area (TPSA) is 117 Å². The highest BCUT2D eigenvalue weighted by atomic mass is 32.2. The molecule has 0 aliphatic carbocycles. The van der Waals surface area contributed by atoms with Crippen molar-refractivity contribution in [3.63, 3.8) is 0 Å². The van der Waals surface area contributed by atoms with Gasteiger partial charge in [-0.2, -0.15) is 9.48 Å². The molecule has 1 N–H and O–H groups in total. The number of fused-ring (bicyclic) bond motifs is 1. The first-order chi connectivity index (χ1) is 14.4. The fourth-order valence-corrected chi connectivity index (χ4v) is 5.57. The van der Waals surface area contributed by atoms with Crippen LogP contribution < -0.4 is 5.32 Å². The Morgan fingerprint density at radius 2 is 2.13 bits per heavy atom. The van der Waals surface area contributed by atoms with E-state index in [1.165, 1.54) is 34.7 Å². The number of dihydropyridines is 1. The second-order valence-electron chi connectivity index (χ2n) is 6.25. The van der Waals surface area contributed by atoms with Gasteiger partial charge in [0.2, 0.25) is 11.0 Å². The van der Waals surface area contributed by atoms with Crippen LogP contribution in [0.5, 0.6) is 0 Å². The number of imide groups is 1. The number of carbonyl (C=O) groups is 3. The van der Waals surface area contributed by atoms with Crippen molar-refractivity contribution in [1.29, 1.82) is 0 Å². The molecule has 10 nitrogen and oxygen atoms in total. The van der Waals surface area contributed by atoms with Crippen LogP contribution >= 0.6 is 34.9 Å². The minimum atomic E-state index is -0.750. The summed E-state index contributed by atoms with van der Waals surface area (Å²) in [5.41, 5.74) is 0.700. The lowest BCUT2D eigenvalue weighted by atomic mass is 9.98. The molecule has 0 radical (unpaired) electrons. The molecule has 0 bridgehead atoms. The molecule has 0 fully saturated rings. The predicted molar refractivity (Wildman–Crippen MR) is 118 cm³/mol. The molecule has 0 saturated carbocycles. The molecule has 1 aromatic heterocycles. The molecule has 2 aliphatic heterocycles. The lowest BCUT2D eigenvalue weighted by Gasteiger charge is -2.28. The van der Waals surface area contributed by atoms with Crippen LogP contribution in [0, 0.1) is 5.92 Å². The minimum Gasteiger partial charge on any atom is -0.380 e. The van der Waals surface area contributed by atoms with Crippen LogP contribution in [-0.2, 0) is 14.3 Å². The number of nitrogens with one attached hydrogen (secondary N) is 1. The Hall–Kier alpha value is -2.09. The minimum absolute atomic E-state index is 0.0602. The van der Waals surface area contributed by atoms with Crippen molar-refractivity contribution < 1.29 is 23.7 Å². The van der Waals surface area contributed by atoms with E-state index in [1.807, 2.05) is 6.92 Å². The van der Waals surface area contributed by atoms with Crippen LogP contribution in [0.3, 0.4) is 0 Å². The van der Waals surface area contributed by atoms with E-state index in [4.69, 9.17) is 4.74 Å². The van der Waals surface area contributed by atoms with Gasteiger partial charge in [-0.05, 0) is 5.75 Å². The summed E-state index contributed by atoms with van der Waals surface area (Å²) < 4.78 is 7.37. The molecule has 1 atom stereocenters. The molecular weight excluding hydrogens is 448 g/mol. The Morgan fingerprint density at radius 3 is 2.83 bits per heavy atom. The van der Waals surface area contributed by atoms with Crippen LogP contribution in [0.25, 0.3) is 0 Å². The highest BCUT2D eigenvalue weighted by molar-refractivity contribution is 8.03. The zero-order valence-corrected chi connectivity index (χ0v) is 19.3. The zero-order valence-electron chi connectivity index (χ0n) is 16.9. The van der Waals surface area contributed by atoms with E-state index >= 15 is 0 Å². The van der Waals surface area contributed by atoms with Crippen molar-refractivity contribution in [2.75, 3.05) is 44.6 Å². The molecule has 0 spiro atoms. The summed E-state index contributed by atoms with van der Waals surface area (Å²) in [6, 6.07) is -0.447. The molecule has 3 rings (SSSR count). The van der Waals surface area contributed by atoms with Gasteiger partial charge in [0, 0.05) is 17.6 Å². The number of rotatable bonds is 8. The maximum Gasteiger partial charge on any atom is 0.445 e. The second-order valence-corrected chi connectivity index (χ2v) is 9.76. The van der Waals surface area contributed by atoms with E-state index in [0.29, 0.717) is 21.4 Å². The molecule has 1 unspecified atom stereocenters. The number of carbonyl (C=O) groups excluding carboxylic acids is 3.